The fourth-order valence-electron chi connectivity index (χ4n) is 1.83. The third kappa shape index (κ3) is 4.43. The zero-order valence-corrected chi connectivity index (χ0v) is 14.1. The second-order valence-electron chi connectivity index (χ2n) is 5.11. The summed E-state index contributed by atoms with van der Waals surface area (Å²) >= 11 is 12.0. The Kier molecular flexibility index (Phi) is 5.58. The Balaban J connectivity index is 2.20. The molecule has 2 rings (SSSR count). The van der Waals surface area contributed by atoms with E-state index in [0.29, 0.717) is 16.3 Å². The maximum atomic E-state index is 12.3. The molecule has 0 spiro atoms. The van der Waals surface area contributed by atoms with Gasteiger partial charge in [-0.25, -0.2) is 0 Å². The monoisotopic (exact) mass is 351 g/mol. The molecule has 0 aliphatic carbocycles. The molecular formula is C16H15Cl2N3O2. The first-order chi connectivity index (χ1) is 10.9. The number of anilines is 1. The molecule has 0 aliphatic rings. The van der Waals surface area contributed by atoms with Crippen molar-refractivity contribution in [3.63, 3.8) is 0 Å². The first-order valence-electron chi connectivity index (χ1n) is 6.90. The predicted molar refractivity (Wildman–Crippen MR) is 91.3 cm³/mol. The third-order valence-electron chi connectivity index (χ3n) is 2.87. The second kappa shape index (κ2) is 7.44. The summed E-state index contributed by atoms with van der Waals surface area (Å²) in [4.78, 5) is 28.2. The zero-order valence-electron chi connectivity index (χ0n) is 12.6. The van der Waals surface area contributed by atoms with E-state index >= 15 is 0 Å². The molecule has 2 aromatic rings. The van der Waals surface area contributed by atoms with Crippen molar-refractivity contribution in [2.75, 3.05) is 5.32 Å². The summed E-state index contributed by atoms with van der Waals surface area (Å²) in [6.45, 7) is 3.69. The number of hydrogen-bond donors (Lipinski definition) is 2. The van der Waals surface area contributed by atoms with E-state index < -0.39 is 5.91 Å². The molecule has 2 amide bonds. The SMILES string of the molecule is CC(C)NC(=O)c1cc(C(=O)Nc2cccc(Cl)c2Cl)ccn1. The molecular weight excluding hydrogens is 337 g/mol. The molecule has 0 aliphatic heterocycles. The molecule has 7 heteroatoms. The standard InChI is InChI=1S/C16H15Cl2N3O2/c1-9(2)20-16(23)13-8-10(6-7-19-13)15(22)21-12-5-3-4-11(17)14(12)18/h3-9H,1-2H3,(H,20,23)(H,21,22). The number of carbonyl (C=O) groups is 2. The van der Waals surface area contributed by atoms with Crippen LogP contribution in [0, 0.1) is 0 Å². The van der Waals surface area contributed by atoms with Crippen molar-refractivity contribution in [1.82, 2.24) is 10.3 Å². The normalized spacial score (nSPS) is 10.5. The molecule has 1 heterocycles. The first-order valence-corrected chi connectivity index (χ1v) is 7.66. The van der Waals surface area contributed by atoms with Crippen molar-refractivity contribution in [3.05, 3.63) is 57.8 Å². The van der Waals surface area contributed by atoms with Crippen LogP contribution >= 0.6 is 23.2 Å². The van der Waals surface area contributed by atoms with Crippen LogP contribution in [0.5, 0.6) is 0 Å². The van der Waals surface area contributed by atoms with E-state index in [2.05, 4.69) is 15.6 Å². The van der Waals surface area contributed by atoms with Crippen LogP contribution in [0.3, 0.4) is 0 Å². The summed E-state index contributed by atoms with van der Waals surface area (Å²) in [6.07, 6.45) is 1.41. The fourth-order valence-corrected chi connectivity index (χ4v) is 2.17. The number of carbonyl (C=O) groups excluding carboxylic acids is 2. The van der Waals surface area contributed by atoms with Gasteiger partial charge in [0.2, 0.25) is 0 Å². The van der Waals surface area contributed by atoms with Crippen LogP contribution in [0.1, 0.15) is 34.7 Å². The predicted octanol–water partition coefficient (Wildman–Crippen LogP) is 3.78. The van der Waals surface area contributed by atoms with Crippen molar-refractivity contribution < 1.29 is 9.59 Å². The number of halogens is 2. The lowest BCUT2D eigenvalue weighted by Crippen LogP contribution is -2.31. The second-order valence-corrected chi connectivity index (χ2v) is 5.90. The number of rotatable bonds is 4. The number of hydrogen-bond acceptors (Lipinski definition) is 3. The molecule has 1 aromatic heterocycles. The molecule has 0 atom stereocenters. The van der Waals surface area contributed by atoms with E-state index in [9.17, 15) is 9.59 Å². The van der Waals surface area contributed by atoms with Crippen LogP contribution in [-0.2, 0) is 0 Å². The largest absolute Gasteiger partial charge is 0.349 e. The molecule has 0 bridgehead atoms. The lowest BCUT2D eigenvalue weighted by Gasteiger charge is -2.10. The van der Waals surface area contributed by atoms with Gasteiger partial charge in [0.05, 0.1) is 15.7 Å². The average Bonchev–Trinajstić information content (AvgIpc) is 2.51. The minimum absolute atomic E-state index is 0.0213. The van der Waals surface area contributed by atoms with Gasteiger partial charge in [-0.15, -0.1) is 0 Å². The van der Waals surface area contributed by atoms with Crippen LogP contribution in [-0.4, -0.2) is 22.8 Å². The van der Waals surface area contributed by atoms with E-state index in [0.717, 1.165) is 0 Å². The summed E-state index contributed by atoms with van der Waals surface area (Å²) < 4.78 is 0. The van der Waals surface area contributed by atoms with Crippen molar-refractivity contribution in [3.8, 4) is 0 Å². The molecule has 23 heavy (non-hydrogen) atoms. The highest BCUT2D eigenvalue weighted by Gasteiger charge is 2.14. The molecule has 0 saturated carbocycles. The Hall–Kier alpha value is -2.11. The van der Waals surface area contributed by atoms with Crippen LogP contribution in [0.4, 0.5) is 5.69 Å². The molecule has 0 unspecified atom stereocenters. The average molecular weight is 352 g/mol. The number of pyridine rings is 1. The third-order valence-corrected chi connectivity index (χ3v) is 3.69. The number of amides is 2. The number of nitrogens with one attached hydrogen (secondary N) is 2. The Morgan fingerprint density at radius 3 is 2.57 bits per heavy atom. The molecule has 5 nitrogen and oxygen atoms in total. The van der Waals surface area contributed by atoms with Crippen LogP contribution in [0.15, 0.2) is 36.5 Å². The summed E-state index contributed by atoms with van der Waals surface area (Å²) in [5.74, 6) is -0.745. The summed E-state index contributed by atoms with van der Waals surface area (Å²) in [7, 11) is 0. The maximum Gasteiger partial charge on any atom is 0.270 e. The molecule has 0 radical (unpaired) electrons. The highest BCUT2D eigenvalue weighted by atomic mass is 35.5. The van der Waals surface area contributed by atoms with Gasteiger partial charge in [-0.05, 0) is 38.1 Å². The van der Waals surface area contributed by atoms with Crippen molar-refractivity contribution in [2.24, 2.45) is 0 Å². The van der Waals surface area contributed by atoms with Gasteiger partial charge in [-0.3, -0.25) is 14.6 Å². The minimum atomic E-state index is -0.407. The van der Waals surface area contributed by atoms with Gasteiger partial charge in [0.15, 0.2) is 0 Å². The van der Waals surface area contributed by atoms with E-state index in [4.69, 9.17) is 23.2 Å². The fraction of sp³-hybridized carbons (Fsp3) is 0.188. The van der Waals surface area contributed by atoms with Gasteiger partial charge in [-0.2, -0.15) is 0 Å². The number of nitrogens with zero attached hydrogens (tertiary/aromatic N) is 1. The summed E-state index contributed by atoms with van der Waals surface area (Å²) in [5.41, 5.74) is 0.864. The van der Waals surface area contributed by atoms with Crippen molar-refractivity contribution in [1.29, 1.82) is 0 Å². The molecule has 0 fully saturated rings. The molecule has 1 aromatic carbocycles. The Morgan fingerprint density at radius 1 is 1.13 bits per heavy atom. The smallest absolute Gasteiger partial charge is 0.270 e. The summed E-state index contributed by atoms with van der Waals surface area (Å²) in [5, 5.41) is 5.98. The lowest BCUT2D eigenvalue weighted by molar-refractivity contribution is 0.0938. The lowest BCUT2D eigenvalue weighted by atomic mass is 10.2. The first kappa shape index (κ1) is 17.2. The van der Waals surface area contributed by atoms with E-state index in [-0.39, 0.29) is 22.7 Å². The molecule has 2 N–H and O–H groups in total. The van der Waals surface area contributed by atoms with Gasteiger partial charge >= 0.3 is 0 Å². The van der Waals surface area contributed by atoms with E-state index in [1.807, 2.05) is 13.8 Å². The summed E-state index contributed by atoms with van der Waals surface area (Å²) in [6, 6.07) is 7.86. The Morgan fingerprint density at radius 2 is 1.87 bits per heavy atom. The molecule has 120 valence electrons. The van der Waals surface area contributed by atoms with E-state index in [1.165, 1.54) is 18.3 Å². The van der Waals surface area contributed by atoms with Gasteiger partial charge in [-0.1, -0.05) is 29.3 Å². The molecule has 0 saturated heterocycles. The quantitative estimate of drug-likeness (QED) is 0.880. The number of aromatic nitrogens is 1. The van der Waals surface area contributed by atoms with Gasteiger partial charge in [0.1, 0.15) is 5.69 Å². The zero-order chi connectivity index (χ0) is 17.0. The Bertz CT molecular complexity index is 748. The van der Waals surface area contributed by atoms with Crippen molar-refractivity contribution >= 4 is 40.7 Å². The van der Waals surface area contributed by atoms with Crippen molar-refractivity contribution in [2.45, 2.75) is 19.9 Å². The van der Waals surface area contributed by atoms with Gasteiger partial charge < -0.3 is 10.6 Å². The maximum absolute atomic E-state index is 12.3. The highest BCUT2D eigenvalue weighted by molar-refractivity contribution is 6.44. The Labute approximate surface area is 144 Å². The van der Waals surface area contributed by atoms with Gasteiger partial charge in [0.25, 0.3) is 11.8 Å². The number of benzene rings is 1. The topological polar surface area (TPSA) is 71.1 Å². The van der Waals surface area contributed by atoms with Crippen LogP contribution in [0.25, 0.3) is 0 Å². The highest BCUT2D eigenvalue weighted by Crippen LogP contribution is 2.29. The van der Waals surface area contributed by atoms with E-state index in [1.54, 1.807) is 18.2 Å². The van der Waals surface area contributed by atoms with Crippen LogP contribution in [0.2, 0.25) is 10.0 Å². The van der Waals surface area contributed by atoms with Gasteiger partial charge in [0, 0.05) is 17.8 Å². The van der Waals surface area contributed by atoms with Crippen LogP contribution < -0.4 is 10.6 Å². The minimum Gasteiger partial charge on any atom is -0.349 e.